The molecule has 1 saturated heterocycles. The summed E-state index contributed by atoms with van der Waals surface area (Å²) >= 11 is 0. The largest absolute Gasteiger partial charge is 0.383 e. The molecule has 1 aromatic carbocycles. The van der Waals surface area contributed by atoms with Crippen molar-refractivity contribution >= 4 is 15.9 Å². The Hall–Kier alpha value is -1.44. The van der Waals surface area contributed by atoms with Gasteiger partial charge in [-0.05, 0) is 31.2 Å². The molecule has 1 heterocycles. The predicted molar refractivity (Wildman–Crippen MR) is 97.7 cm³/mol. The molecule has 1 aromatic rings. The summed E-state index contributed by atoms with van der Waals surface area (Å²) in [6.07, 6.45) is 2.79. The van der Waals surface area contributed by atoms with Crippen LogP contribution in [0.3, 0.4) is 0 Å². The van der Waals surface area contributed by atoms with Gasteiger partial charge in [-0.15, -0.1) is 0 Å². The van der Waals surface area contributed by atoms with Crippen LogP contribution in [0.15, 0.2) is 30.3 Å². The molecule has 0 unspecified atom stereocenters. The van der Waals surface area contributed by atoms with Crippen molar-refractivity contribution < 1.29 is 17.9 Å². The van der Waals surface area contributed by atoms with Crippen LogP contribution in [0, 0.1) is 5.92 Å². The molecule has 1 aliphatic rings. The third kappa shape index (κ3) is 6.41. The SMILES string of the molecule is COCCNC(=O)[C@@H]1CCCN(S(=O)(=O)CCCc2ccccc2)C1. The van der Waals surface area contributed by atoms with Crippen molar-refractivity contribution in [3.8, 4) is 0 Å². The number of rotatable bonds is 9. The molecule has 0 bridgehead atoms. The van der Waals surface area contributed by atoms with Crippen LogP contribution < -0.4 is 5.32 Å². The fraction of sp³-hybridized carbons (Fsp3) is 0.611. The zero-order valence-electron chi connectivity index (χ0n) is 14.8. The summed E-state index contributed by atoms with van der Waals surface area (Å²) in [4.78, 5) is 12.2. The zero-order valence-corrected chi connectivity index (χ0v) is 15.6. The van der Waals surface area contributed by atoms with E-state index in [9.17, 15) is 13.2 Å². The van der Waals surface area contributed by atoms with Crippen molar-refractivity contribution in [2.24, 2.45) is 5.92 Å². The summed E-state index contributed by atoms with van der Waals surface area (Å²) in [6, 6.07) is 9.89. The quantitative estimate of drug-likeness (QED) is 0.669. The Balaban J connectivity index is 1.82. The highest BCUT2D eigenvalue weighted by Crippen LogP contribution is 2.20. The fourth-order valence-corrected chi connectivity index (χ4v) is 4.64. The lowest BCUT2D eigenvalue weighted by Crippen LogP contribution is -2.46. The molecule has 1 fully saturated rings. The van der Waals surface area contributed by atoms with E-state index in [1.807, 2.05) is 30.3 Å². The molecule has 0 spiro atoms. The summed E-state index contributed by atoms with van der Waals surface area (Å²) in [5, 5.41) is 2.80. The molecule has 0 aromatic heterocycles. The van der Waals surface area contributed by atoms with Crippen LogP contribution in [0.2, 0.25) is 0 Å². The van der Waals surface area contributed by atoms with Crippen molar-refractivity contribution in [1.82, 2.24) is 9.62 Å². The second-order valence-electron chi connectivity index (χ2n) is 6.39. The van der Waals surface area contributed by atoms with Crippen LogP contribution in [0.5, 0.6) is 0 Å². The van der Waals surface area contributed by atoms with Gasteiger partial charge in [0.15, 0.2) is 0 Å². The van der Waals surface area contributed by atoms with Crippen LogP contribution in [-0.2, 0) is 26.0 Å². The lowest BCUT2D eigenvalue weighted by atomic mass is 9.99. The molecule has 6 nitrogen and oxygen atoms in total. The van der Waals surface area contributed by atoms with Crippen molar-refractivity contribution in [3.63, 3.8) is 0 Å². The summed E-state index contributed by atoms with van der Waals surface area (Å²) in [5.74, 6) is -0.226. The molecular weight excluding hydrogens is 340 g/mol. The molecule has 2 rings (SSSR count). The van der Waals surface area contributed by atoms with Gasteiger partial charge in [0.05, 0.1) is 18.3 Å². The number of nitrogens with one attached hydrogen (secondary N) is 1. The first kappa shape index (κ1) is 19.9. The van der Waals surface area contributed by atoms with E-state index in [2.05, 4.69) is 5.32 Å². The minimum absolute atomic E-state index is 0.0822. The van der Waals surface area contributed by atoms with Crippen molar-refractivity contribution in [2.45, 2.75) is 25.7 Å². The Kier molecular flexibility index (Phi) is 7.87. The van der Waals surface area contributed by atoms with E-state index in [1.165, 1.54) is 4.31 Å². The lowest BCUT2D eigenvalue weighted by molar-refractivity contribution is -0.126. The van der Waals surface area contributed by atoms with Crippen LogP contribution >= 0.6 is 0 Å². The van der Waals surface area contributed by atoms with Gasteiger partial charge in [0.1, 0.15) is 0 Å². The van der Waals surface area contributed by atoms with E-state index in [0.29, 0.717) is 26.1 Å². The molecule has 1 aliphatic heterocycles. The maximum absolute atomic E-state index is 12.6. The van der Waals surface area contributed by atoms with Gasteiger partial charge in [0.2, 0.25) is 15.9 Å². The van der Waals surface area contributed by atoms with Crippen molar-refractivity contribution in [3.05, 3.63) is 35.9 Å². The third-order valence-electron chi connectivity index (χ3n) is 4.46. The molecular formula is C18H28N2O4S. The summed E-state index contributed by atoms with van der Waals surface area (Å²) in [7, 11) is -1.74. The number of carbonyl (C=O) groups excluding carboxylic acids is 1. The van der Waals surface area contributed by atoms with Gasteiger partial charge in [0, 0.05) is 26.7 Å². The van der Waals surface area contributed by atoms with E-state index in [-0.39, 0.29) is 24.1 Å². The monoisotopic (exact) mass is 368 g/mol. The summed E-state index contributed by atoms with van der Waals surface area (Å²) < 4.78 is 31.6. The minimum Gasteiger partial charge on any atom is -0.383 e. The molecule has 1 atom stereocenters. The number of amides is 1. The molecule has 7 heteroatoms. The second-order valence-corrected chi connectivity index (χ2v) is 8.47. The van der Waals surface area contributed by atoms with Crippen molar-refractivity contribution in [1.29, 1.82) is 0 Å². The number of piperidine rings is 1. The summed E-state index contributed by atoms with van der Waals surface area (Å²) in [6.45, 7) is 1.71. The Morgan fingerprint density at radius 2 is 2.08 bits per heavy atom. The molecule has 0 radical (unpaired) electrons. The smallest absolute Gasteiger partial charge is 0.224 e. The Labute approximate surface area is 150 Å². The molecule has 1 amide bonds. The fourth-order valence-electron chi connectivity index (χ4n) is 3.06. The van der Waals surface area contributed by atoms with Gasteiger partial charge in [-0.2, -0.15) is 0 Å². The number of sulfonamides is 1. The van der Waals surface area contributed by atoms with E-state index in [4.69, 9.17) is 4.74 Å². The number of methoxy groups -OCH3 is 1. The van der Waals surface area contributed by atoms with E-state index >= 15 is 0 Å². The van der Waals surface area contributed by atoms with Gasteiger partial charge < -0.3 is 10.1 Å². The molecule has 1 N–H and O–H groups in total. The van der Waals surface area contributed by atoms with Gasteiger partial charge in [-0.3, -0.25) is 4.79 Å². The Morgan fingerprint density at radius 1 is 1.32 bits per heavy atom. The maximum Gasteiger partial charge on any atom is 0.224 e. The van der Waals surface area contributed by atoms with Gasteiger partial charge in [-0.1, -0.05) is 30.3 Å². The lowest BCUT2D eigenvalue weighted by Gasteiger charge is -2.31. The predicted octanol–water partition coefficient (Wildman–Crippen LogP) is 1.42. The van der Waals surface area contributed by atoms with Crippen LogP contribution in [0.25, 0.3) is 0 Å². The van der Waals surface area contributed by atoms with E-state index in [1.54, 1.807) is 7.11 Å². The number of carbonyl (C=O) groups is 1. The Bertz CT molecular complexity index is 634. The average Bonchev–Trinajstić information content (AvgIpc) is 2.63. The molecule has 0 saturated carbocycles. The van der Waals surface area contributed by atoms with E-state index in [0.717, 1.165) is 24.8 Å². The van der Waals surface area contributed by atoms with Crippen LogP contribution in [0.4, 0.5) is 0 Å². The van der Waals surface area contributed by atoms with Gasteiger partial charge in [0.25, 0.3) is 0 Å². The maximum atomic E-state index is 12.6. The number of nitrogens with zero attached hydrogens (tertiary/aromatic N) is 1. The minimum atomic E-state index is -3.32. The second kappa shape index (κ2) is 9.89. The number of ether oxygens (including phenoxy) is 1. The number of hydrogen-bond donors (Lipinski definition) is 1. The van der Waals surface area contributed by atoms with Crippen LogP contribution in [0.1, 0.15) is 24.8 Å². The number of hydrogen-bond acceptors (Lipinski definition) is 4. The third-order valence-corrected chi connectivity index (χ3v) is 6.39. The van der Waals surface area contributed by atoms with Crippen LogP contribution in [-0.4, -0.2) is 57.7 Å². The molecule has 140 valence electrons. The summed E-state index contributed by atoms with van der Waals surface area (Å²) in [5.41, 5.74) is 1.15. The first-order valence-electron chi connectivity index (χ1n) is 8.81. The zero-order chi connectivity index (χ0) is 18.1. The normalized spacial score (nSPS) is 18.8. The highest BCUT2D eigenvalue weighted by atomic mass is 32.2. The highest BCUT2D eigenvalue weighted by molar-refractivity contribution is 7.89. The average molecular weight is 368 g/mol. The number of aryl methyl sites for hydroxylation is 1. The standard InChI is InChI=1S/C18H28N2O4S/c1-24-13-11-19-18(21)17-10-5-12-20(15-17)25(22,23)14-6-9-16-7-3-2-4-8-16/h2-4,7-8,17H,5-6,9-15H2,1H3,(H,19,21)/t17-/m1/s1. The molecule has 25 heavy (non-hydrogen) atoms. The number of benzene rings is 1. The van der Waals surface area contributed by atoms with E-state index < -0.39 is 10.0 Å². The van der Waals surface area contributed by atoms with Gasteiger partial charge in [-0.25, -0.2) is 12.7 Å². The highest BCUT2D eigenvalue weighted by Gasteiger charge is 2.31. The first-order valence-corrected chi connectivity index (χ1v) is 10.4. The Morgan fingerprint density at radius 3 is 2.80 bits per heavy atom. The van der Waals surface area contributed by atoms with Gasteiger partial charge >= 0.3 is 0 Å². The molecule has 0 aliphatic carbocycles. The first-order chi connectivity index (χ1) is 12.0. The van der Waals surface area contributed by atoms with Crippen molar-refractivity contribution in [2.75, 3.05) is 39.1 Å². The topological polar surface area (TPSA) is 75.7 Å².